The quantitative estimate of drug-likeness (QED) is 0.451. The van der Waals surface area contributed by atoms with E-state index in [1.807, 2.05) is 30.3 Å². The third kappa shape index (κ3) is 3.56. The zero-order valence-electron chi connectivity index (χ0n) is 17.9. The lowest BCUT2D eigenvalue weighted by atomic mass is 10.1. The first-order chi connectivity index (χ1) is 15.7. The van der Waals surface area contributed by atoms with Gasteiger partial charge in [-0.15, -0.1) is 0 Å². The minimum absolute atomic E-state index is 0.0690. The molecule has 1 aliphatic heterocycles. The van der Waals surface area contributed by atoms with Crippen LogP contribution < -0.4 is 14.2 Å². The van der Waals surface area contributed by atoms with Crippen molar-refractivity contribution >= 4 is 0 Å². The fraction of sp³-hybridized carbons (Fsp3) is 0.261. The third-order valence-corrected chi connectivity index (χ3v) is 5.49. The van der Waals surface area contributed by atoms with Gasteiger partial charge in [-0.25, -0.2) is 4.98 Å². The lowest BCUT2D eigenvalue weighted by Gasteiger charge is -2.25. The van der Waals surface area contributed by atoms with Gasteiger partial charge in [0.1, 0.15) is 11.9 Å². The van der Waals surface area contributed by atoms with Crippen LogP contribution in [0.4, 0.5) is 0 Å². The highest BCUT2D eigenvalue weighted by atomic mass is 16.5. The number of ether oxygens (including phenoxy) is 4. The summed E-state index contributed by atoms with van der Waals surface area (Å²) in [5.41, 5.74) is 3.36. The highest BCUT2D eigenvalue weighted by Crippen LogP contribution is 2.34. The largest absolute Gasteiger partial charge is 0.497 e. The fourth-order valence-electron chi connectivity index (χ4n) is 3.74. The lowest BCUT2D eigenvalue weighted by molar-refractivity contribution is 0.00328. The molecule has 0 unspecified atom stereocenters. The number of benzene rings is 2. The Morgan fingerprint density at radius 1 is 0.969 bits per heavy atom. The molecule has 0 aliphatic carbocycles. The number of imidazole rings is 1. The van der Waals surface area contributed by atoms with Gasteiger partial charge in [-0.3, -0.25) is 0 Å². The predicted molar refractivity (Wildman–Crippen MR) is 115 cm³/mol. The molecule has 3 heterocycles. The molecule has 0 fully saturated rings. The standard InChI is InChI=1S/C23H22N4O5/c1-28-16-7-4-14(5-8-16)20-11-27-13-24-21(17(27)12-31-20)23-25-22(26-32-23)15-6-9-18(29-2)19(10-15)30-3/h4-10,13,20H,11-12H2,1-3H3/t20-/m1/s1. The molecular formula is C23H22N4O5. The van der Waals surface area contributed by atoms with E-state index in [4.69, 9.17) is 23.5 Å². The maximum absolute atomic E-state index is 6.11. The molecule has 0 bridgehead atoms. The van der Waals surface area contributed by atoms with Crippen LogP contribution in [0.3, 0.4) is 0 Å². The molecule has 0 spiro atoms. The molecule has 0 saturated heterocycles. The SMILES string of the molecule is COc1ccc([C@H]2Cn3cnc(-c4nc(-c5ccc(OC)c(OC)c5)no4)c3CO2)cc1. The van der Waals surface area contributed by atoms with Gasteiger partial charge in [0.05, 0.1) is 46.5 Å². The van der Waals surface area contributed by atoms with E-state index in [2.05, 4.69) is 19.7 Å². The first kappa shape index (κ1) is 20.1. The Balaban J connectivity index is 1.38. The van der Waals surface area contributed by atoms with Gasteiger partial charge in [0, 0.05) is 5.56 Å². The van der Waals surface area contributed by atoms with E-state index < -0.39 is 0 Å². The summed E-state index contributed by atoms with van der Waals surface area (Å²) in [4.78, 5) is 9.05. The van der Waals surface area contributed by atoms with E-state index in [-0.39, 0.29) is 6.10 Å². The number of aromatic nitrogens is 4. The summed E-state index contributed by atoms with van der Waals surface area (Å²) < 4.78 is 29.6. The second-order valence-corrected chi connectivity index (χ2v) is 7.26. The molecular weight excluding hydrogens is 412 g/mol. The number of rotatable bonds is 6. The first-order valence-corrected chi connectivity index (χ1v) is 10.1. The minimum Gasteiger partial charge on any atom is -0.497 e. The van der Waals surface area contributed by atoms with Crippen LogP contribution in [-0.4, -0.2) is 41.0 Å². The molecule has 0 amide bonds. The van der Waals surface area contributed by atoms with Crippen molar-refractivity contribution in [3.05, 3.63) is 60.0 Å². The van der Waals surface area contributed by atoms with Crippen molar-refractivity contribution in [3.63, 3.8) is 0 Å². The normalized spacial score (nSPS) is 15.3. The topological polar surface area (TPSA) is 93.7 Å². The maximum atomic E-state index is 6.11. The molecule has 1 aliphatic rings. The number of hydrogen-bond acceptors (Lipinski definition) is 8. The Bertz CT molecular complexity index is 1230. The fourth-order valence-corrected chi connectivity index (χ4v) is 3.74. The highest BCUT2D eigenvalue weighted by Gasteiger charge is 2.26. The van der Waals surface area contributed by atoms with Gasteiger partial charge in [-0.05, 0) is 35.9 Å². The Morgan fingerprint density at radius 3 is 2.53 bits per heavy atom. The molecule has 9 nitrogen and oxygen atoms in total. The van der Waals surface area contributed by atoms with Crippen LogP contribution in [0.25, 0.3) is 23.0 Å². The van der Waals surface area contributed by atoms with E-state index in [0.717, 1.165) is 22.6 Å². The maximum Gasteiger partial charge on any atom is 0.278 e. The molecule has 2 aromatic carbocycles. The second-order valence-electron chi connectivity index (χ2n) is 7.26. The molecule has 164 valence electrons. The summed E-state index contributed by atoms with van der Waals surface area (Å²) in [5.74, 6) is 2.82. The van der Waals surface area contributed by atoms with E-state index in [9.17, 15) is 0 Å². The average Bonchev–Trinajstić information content (AvgIpc) is 3.50. The van der Waals surface area contributed by atoms with Crippen LogP contribution in [-0.2, 0) is 17.9 Å². The smallest absolute Gasteiger partial charge is 0.278 e. The van der Waals surface area contributed by atoms with Crippen molar-refractivity contribution in [2.45, 2.75) is 19.3 Å². The van der Waals surface area contributed by atoms with Crippen LogP contribution in [0.2, 0.25) is 0 Å². The Morgan fingerprint density at radius 2 is 1.78 bits per heavy atom. The predicted octanol–water partition coefficient (Wildman–Crippen LogP) is 3.90. The van der Waals surface area contributed by atoms with E-state index in [0.29, 0.717) is 42.1 Å². The van der Waals surface area contributed by atoms with Crippen molar-refractivity contribution in [1.29, 1.82) is 0 Å². The summed E-state index contributed by atoms with van der Waals surface area (Å²) in [6, 6.07) is 13.3. The summed E-state index contributed by atoms with van der Waals surface area (Å²) in [6.07, 6.45) is 1.71. The summed E-state index contributed by atoms with van der Waals surface area (Å²) in [5, 5.41) is 4.12. The van der Waals surface area contributed by atoms with Gasteiger partial charge in [0.25, 0.3) is 5.89 Å². The number of nitrogens with zero attached hydrogens (tertiary/aromatic N) is 4. The monoisotopic (exact) mass is 434 g/mol. The summed E-state index contributed by atoms with van der Waals surface area (Å²) in [6.45, 7) is 1.03. The van der Waals surface area contributed by atoms with Crippen molar-refractivity contribution in [2.24, 2.45) is 0 Å². The number of fused-ring (bicyclic) bond motifs is 1. The van der Waals surface area contributed by atoms with Crippen LogP contribution in [0.15, 0.2) is 53.3 Å². The summed E-state index contributed by atoms with van der Waals surface area (Å²) in [7, 11) is 4.83. The number of hydrogen-bond donors (Lipinski definition) is 0. The van der Waals surface area contributed by atoms with E-state index in [1.165, 1.54) is 0 Å². The Labute approximate surface area is 184 Å². The molecule has 4 aromatic rings. The zero-order valence-corrected chi connectivity index (χ0v) is 17.9. The van der Waals surface area contributed by atoms with Crippen LogP contribution in [0, 0.1) is 0 Å². The Kier molecular flexibility index (Phi) is 5.24. The molecule has 0 radical (unpaired) electrons. The van der Waals surface area contributed by atoms with Gasteiger partial charge >= 0.3 is 0 Å². The third-order valence-electron chi connectivity index (χ3n) is 5.49. The summed E-state index contributed by atoms with van der Waals surface area (Å²) >= 11 is 0. The lowest BCUT2D eigenvalue weighted by Crippen LogP contribution is -2.20. The van der Waals surface area contributed by atoms with E-state index in [1.54, 1.807) is 39.8 Å². The molecule has 1 atom stereocenters. The second kappa shape index (κ2) is 8.35. The molecule has 0 saturated carbocycles. The molecule has 5 rings (SSSR count). The van der Waals surface area contributed by atoms with Crippen molar-refractivity contribution < 1.29 is 23.5 Å². The van der Waals surface area contributed by atoms with Gasteiger partial charge < -0.3 is 28.0 Å². The molecule has 2 aromatic heterocycles. The minimum atomic E-state index is -0.0690. The molecule has 32 heavy (non-hydrogen) atoms. The van der Waals surface area contributed by atoms with Crippen molar-refractivity contribution in [2.75, 3.05) is 21.3 Å². The van der Waals surface area contributed by atoms with Crippen LogP contribution >= 0.6 is 0 Å². The van der Waals surface area contributed by atoms with Gasteiger partial charge in [0.2, 0.25) is 5.82 Å². The number of methoxy groups -OCH3 is 3. The highest BCUT2D eigenvalue weighted by molar-refractivity contribution is 5.63. The molecule has 9 heteroatoms. The zero-order chi connectivity index (χ0) is 22.1. The average molecular weight is 434 g/mol. The first-order valence-electron chi connectivity index (χ1n) is 10.1. The van der Waals surface area contributed by atoms with Crippen molar-refractivity contribution in [1.82, 2.24) is 19.7 Å². The van der Waals surface area contributed by atoms with E-state index >= 15 is 0 Å². The van der Waals surface area contributed by atoms with Crippen molar-refractivity contribution in [3.8, 4) is 40.2 Å². The van der Waals surface area contributed by atoms with Gasteiger partial charge in [-0.1, -0.05) is 17.3 Å². The van der Waals surface area contributed by atoms with Gasteiger partial charge in [-0.2, -0.15) is 4.98 Å². The van der Waals surface area contributed by atoms with Crippen LogP contribution in [0.5, 0.6) is 17.2 Å². The van der Waals surface area contributed by atoms with Crippen LogP contribution in [0.1, 0.15) is 17.4 Å². The Hall–Kier alpha value is -3.85. The molecule has 0 N–H and O–H groups in total. The van der Waals surface area contributed by atoms with Gasteiger partial charge in [0.15, 0.2) is 17.2 Å².